The number of pyridine rings is 1. The summed E-state index contributed by atoms with van der Waals surface area (Å²) in [5.74, 6) is -0.0297. The van der Waals surface area contributed by atoms with Crippen LogP contribution in [-0.2, 0) is 0 Å². The highest BCUT2D eigenvalue weighted by Crippen LogP contribution is 2.22. The predicted octanol–water partition coefficient (Wildman–Crippen LogP) is 3.04. The number of nitrogens with zero attached hydrogens (tertiary/aromatic N) is 3. The van der Waals surface area contributed by atoms with Crippen molar-refractivity contribution in [1.82, 2.24) is 25.4 Å². The molecule has 2 atom stereocenters. The van der Waals surface area contributed by atoms with Crippen LogP contribution in [0.3, 0.4) is 0 Å². The van der Waals surface area contributed by atoms with E-state index in [0.29, 0.717) is 5.56 Å². The van der Waals surface area contributed by atoms with Crippen LogP contribution in [0.15, 0.2) is 12.3 Å². The van der Waals surface area contributed by atoms with Gasteiger partial charge in [0.1, 0.15) is 0 Å². The van der Waals surface area contributed by atoms with Gasteiger partial charge in [0.2, 0.25) is 0 Å². The summed E-state index contributed by atoms with van der Waals surface area (Å²) in [5, 5.41) is 11.8. The SMILES string of the molecule is CCC(C)n1ncc2c(C(=O)N[C@H]3CCCNC3)cc(C)nc21.Cl.Cl. The molecule has 1 fully saturated rings. The lowest BCUT2D eigenvalue weighted by molar-refractivity contribution is 0.0932. The van der Waals surface area contributed by atoms with Gasteiger partial charge in [0.25, 0.3) is 5.91 Å². The van der Waals surface area contributed by atoms with Crippen molar-refractivity contribution in [3.63, 3.8) is 0 Å². The van der Waals surface area contributed by atoms with Gasteiger partial charge < -0.3 is 10.6 Å². The van der Waals surface area contributed by atoms with Crippen LogP contribution in [0.25, 0.3) is 11.0 Å². The van der Waals surface area contributed by atoms with Crippen molar-refractivity contribution in [3.8, 4) is 0 Å². The second-order valence-corrected chi connectivity index (χ2v) is 6.41. The molecule has 8 heteroatoms. The summed E-state index contributed by atoms with van der Waals surface area (Å²) in [6, 6.07) is 2.32. The molecule has 2 aromatic rings. The van der Waals surface area contributed by atoms with Gasteiger partial charge in [-0.05, 0) is 45.7 Å². The summed E-state index contributed by atoms with van der Waals surface area (Å²) >= 11 is 0. The third-order valence-corrected chi connectivity index (χ3v) is 4.58. The smallest absolute Gasteiger partial charge is 0.252 e. The molecule has 0 bridgehead atoms. The molecule has 1 saturated heterocycles. The van der Waals surface area contributed by atoms with Crippen molar-refractivity contribution in [2.75, 3.05) is 13.1 Å². The van der Waals surface area contributed by atoms with Gasteiger partial charge in [-0.1, -0.05) is 6.92 Å². The van der Waals surface area contributed by atoms with Crippen LogP contribution in [0.1, 0.15) is 55.2 Å². The Labute approximate surface area is 161 Å². The average Bonchev–Trinajstić information content (AvgIpc) is 2.97. The summed E-state index contributed by atoms with van der Waals surface area (Å²) in [7, 11) is 0. The van der Waals surface area contributed by atoms with Crippen molar-refractivity contribution in [1.29, 1.82) is 0 Å². The zero-order chi connectivity index (χ0) is 16.4. The Morgan fingerprint density at radius 2 is 2.24 bits per heavy atom. The molecule has 3 heterocycles. The molecule has 6 nitrogen and oxygen atoms in total. The number of nitrogens with one attached hydrogen (secondary N) is 2. The second kappa shape index (κ2) is 9.36. The molecular weight excluding hydrogens is 361 g/mol. The van der Waals surface area contributed by atoms with Gasteiger partial charge in [-0.3, -0.25) is 4.79 Å². The van der Waals surface area contributed by atoms with Crippen molar-refractivity contribution in [2.24, 2.45) is 0 Å². The summed E-state index contributed by atoms with van der Waals surface area (Å²) < 4.78 is 1.92. The lowest BCUT2D eigenvalue weighted by Crippen LogP contribution is -2.45. The number of halogens is 2. The van der Waals surface area contributed by atoms with E-state index >= 15 is 0 Å². The Hall–Kier alpha value is -1.37. The van der Waals surface area contributed by atoms with Gasteiger partial charge >= 0.3 is 0 Å². The molecule has 1 amide bonds. The van der Waals surface area contributed by atoms with E-state index in [0.717, 1.165) is 49.1 Å². The maximum atomic E-state index is 12.7. The normalized spacial score (nSPS) is 18.1. The van der Waals surface area contributed by atoms with Gasteiger partial charge in [-0.15, -0.1) is 24.8 Å². The summed E-state index contributed by atoms with van der Waals surface area (Å²) in [4.78, 5) is 17.3. The van der Waals surface area contributed by atoms with E-state index in [9.17, 15) is 4.79 Å². The number of piperidine rings is 1. The topological polar surface area (TPSA) is 71.8 Å². The first-order valence-electron chi connectivity index (χ1n) is 8.46. The molecule has 0 radical (unpaired) electrons. The molecule has 2 N–H and O–H groups in total. The quantitative estimate of drug-likeness (QED) is 0.845. The lowest BCUT2D eigenvalue weighted by Gasteiger charge is -2.24. The van der Waals surface area contributed by atoms with E-state index in [1.54, 1.807) is 6.20 Å². The number of fused-ring (bicyclic) bond motifs is 1. The van der Waals surface area contributed by atoms with Gasteiger partial charge in [-0.2, -0.15) is 5.10 Å². The largest absolute Gasteiger partial charge is 0.348 e. The first-order chi connectivity index (χ1) is 11.1. The van der Waals surface area contributed by atoms with Crippen LogP contribution in [0.2, 0.25) is 0 Å². The van der Waals surface area contributed by atoms with E-state index in [1.807, 2.05) is 17.7 Å². The molecule has 1 aliphatic heterocycles. The maximum absolute atomic E-state index is 12.7. The van der Waals surface area contributed by atoms with Gasteiger partial charge in [0.15, 0.2) is 5.65 Å². The third-order valence-electron chi connectivity index (χ3n) is 4.58. The number of rotatable bonds is 4. The van der Waals surface area contributed by atoms with Gasteiger partial charge in [0.05, 0.1) is 23.2 Å². The van der Waals surface area contributed by atoms with Crippen molar-refractivity contribution in [3.05, 3.63) is 23.5 Å². The Morgan fingerprint density at radius 1 is 1.48 bits per heavy atom. The molecular formula is C17H27Cl2N5O. The molecule has 0 aromatic carbocycles. The minimum Gasteiger partial charge on any atom is -0.348 e. The first kappa shape index (κ1) is 21.7. The molecule has 1 aliphatic rings. The fourth-order valence-corrected chi connectivity index (χ4v) is 3.06. The van der Waals surface area contributed by atoms with E-state index in [4.69, 9.17) is 0 Å². The molecule has 0 saturated carbocycles. The number of aromatic nitrogens is 3. The number of hydrogen-bond acceptors (Lipinski definition) is 4. The van der Waals surface area contributed by atoms with Crippen LogP contribution >= 0.6 is 24.8 Å². The molecule has 140 valence electrons. The van der Waals surface area contributed by atoms with Crippen molar-refractivity contribution < 1.29 is 4.79 Å². The second-order valence-electron chi connectivity index (χ2n) is 6.41. The fraction of sp³-hybridized carbons (Fsp3) is 0.588. The Balaban J connectivity index is 0.00000156. The highest BCUT2D eigenvalue weighted by molar-refractivity contribution is 6.05. The van der Waals surface area contributed by atoms with E-state index < -0.39 is 0 Å². The molecule has 1 unspecified atom stereocenters. The Morgan fingerprint density at radius 3 is 2.88 bits per heavy atom. The molecule has 2 aromatic heterocycles. The monoisotopic (exact) mass is 387 g/mol. The van der Waals surface area contributed by atoms with Crippen molar-refractivity contribution >= 4 is 41.8 Å². The van der Waals surface area contributed by atoms with Crippen LogP contribution < -0.4 is 10.6 Å². The lowest BCUT2D eigenvalue weighted by atomic mass is 10.1. The Kier molecular flexibility index (Phi) is 8.12. The van der Waals surface area contributed by atoms with Gasteiger partial charge in [-0.25, -0.2) is 9.67 Å². The van der Waals surface area contributed by atoms with Gasteiger partial charge in [0, 0.05) is 18.3 Å². The van der Waals surface area contributed by atoms with Crippen molar-refractivity contribution in [2.45, 2.75) is 52.1 Å². The fourth-order valence-electron chi connectivity index (χ4n) is 3.06. The minimum absolute atomic E-state index is 0. The number of amides is 1. The summed E-state index contributed by atoms with van der Waals surface area (Å²) in [5.41, 5.74) is 2.31. The maximum Gasteiger partial charge on any atom is 0.252 e. The summed E-state index contributed by atoms with van der Waals surface area (Å²) in [6.07, 6.45) is 4.86. The molecule has 3 rings (SSSR count). The number of aryl methyl sites for hydroxylation is 1. The summed E-state index contributed by atoms with van der Waals surface area (Å²) in [6.45, 7) is 8.03. The highest BCUT2D eigenvalue weighted by atomic mass is 35.5. The predicted molar refractivity (Wildman–Crippen MR) is 105 cm³/mol. The molecule has 0 spiro atoms. The Bertz CT molecular complexity index is 712. The molecule has 25 heavy (non-hydrogen) atoms. The zero-order valence-corrected chi connectivity index (χ0v) is 16.5. The number of hydrogen-bond donors (Lipinski definition) is 2. The van der Waals surface area contributed by atoms with Crippen LogP contribution in [-0.4, -0.2) is 39.8 Å². The number of carbonyl (C=O) groups is 1. The average molecular weight is 388 g/mol. The van der Waals surface area contributed by atoms with E-state index in [2.05, 4.69) is 34.6 Å². The minimum atomic E-state index is -0.0297. The van der Waals surface area contributed by atoms with E-state index in [1.165, 1.54) is 0 Å². The van der Waals surface area contributed by atoms with Crippen LogP contribution in [0.5, 0.6) is 0 Å². The number of carbonyl (C=O) groups excluding carboxylic acids is 1. The first-order valence-corrected chi connectivity index (χ1v) is 8.46. The third kappa shape index (κ3) is 4.63. The van der Waals surface area contributed by atoms with Crippen LogP contribution in [0.4, 0.5) is 0 Å². The van der Waals surface area contributed by atoms with Crippen LogP contribution in [0, 0.1) is 6.92 Å². The van der Waals surface area contributed by atoms with E-state index in [-0.39, 0.29) is 42.8 Å². The highest BCUT2D eigenvalue weighted by Gasteiger charge is 2.21. The standard InChI is InChI=1S/C17H25N5O.2ClH/c1-4-12(3)22-16-15(10-19-22)14(8-11(2)20-16)17(23)21-13-6-5-7-18-9-13;;/h8,10,12-13,18H,4-7,9H2,1-3H3,(H,21,23);2*1H/t12?,13-;;/m0../s1. The zero-order valence-electron chi connectivity index (χ0n) is 14.9. The molecule has 0 aliphatic carbocycles.